The van der Waals surface area contributed by atoms with Crippen LogP contribution in [0.15, 0.2) is 4.79 Å². The van der Waals surface area contributed by atoms with Gasteiger partial charge in [-0.3, -0.25) is 4.79 Å². The second kappa shape index (κ2) is 4.10. The molecule has 88 valence electrons. The van der Waals surface area contributed by atoms with E-state index in [1.165, 1.54) is 0 Å². The Morgan fingerprint density at radius 3 is 2.75 bits per heavy atom. The molecule has 1 atom stereocenters. The minimum absolute atomic E-state index is 0.0552. The zero-order valence-electron chi connectivity index (χ0n) is 9.63. The SMILES string of the molecule is COCc1nc(C2CC2(C)C)[nH]c(=O)c1I. The summed E-state index contributed by atoms with van der Waals surface area (Å²) in [4.78, 5) is 19.1. The number of aromatic amines is 1. The number of rotatable bonds is 3. The molecule has 1 N–H and O–H groups in total. The van der Waals surface area contributed by atoms with Crippen molar-refractivity contribution in [1.82, 2.24) is 9.97 Å². The van der Waals surface area contributed by atoms with E-state index in [1.54, 1.807) is 7.11 Å². The largest absolute Gasteiger partial charge is 0.378 e. The van der Waals surface area contributed by atoms with Gasteiger partial charge >= 0.3 is 0 Å². The van der Waals surface area contributed by atoms with Gasteiger partial charge in [0.25, 0.3) is 5.56 Å². The molecule has 1 aromatic rings. The maximum atomic E-state index is 11.7. The van der Waals surface area contributed by atoms with Gasteiger partial charge in [-0.15, -0.1) is 0 Å². The van der Waals surface area contributed by atoms with Crippen molar-refractivity contribution in [2.45, 2.75) is 32.8 Å². The zero-order valence-corrected chi connectivity index (χ0v) is 11.8. The van der Waals surface area contributed by atoms with E-state index >= 15 is 0 Å². The van der Waals surface area contributed by atoms with Crippen LogP contribution in [-0.4, -0.2) is 17.1 Å². The number of H-pyrrole nitrogens is 1. The first-order valence-corrected chi connectivity index (χ1v) is 6.31. The fraction of sp³-hybridized carbons (Fsp3) is 0.636. The molecule has 1 saturated carbocycles. The van der Waals surface area contributed by atoms with Crippen LogP contribution in [0.25, 0.3) is 0 Å². The molecule has 0 aromatic carbocycles. The van der Waals surface area contributed by atoms with Gasteiger partial charge < -0.3 is 9.72 Å². The molecule has 4 nitrogen and oxygen atoms in total. The van der Waals surface area contributed by atoms with Crippen LogP contribution in [0.3, 0.4) is 0 Å². The lowest BCUT2D eigenvalue weighted by molar-refractivity contribution is 0.180. The van der Waals surface area contributed by atoms with E-state index in [2.05, 4.69) is 23.8 Å². The van der Waals surface area contributed by atoms with Crippen molar-refractivity contribution in [2.75, 3.05) is 7.11 Å². The number of nitrogens with one attached hydrogen (secondary N) is 1. The molecule has 0 radical (unpaired) electrons. The Morgan fingerprint density at radius 1 is 1.62 bits per heavy atom. The molecule has 0 amide bonds. The average Bonchev–Trinajstić information content (AvgIpc) is 2.83. The van der Waals surface area contributed by atoms with E-state index in [0.717, 1.165) is 17.9 Å². The van der Waals surface area contributed by atoms with Crippen molar-refractivity contribution >= 4 is 22.6 Å². The van der Waals surface area contributed by atoms with Gasteiger partial charge in [0.2, 0.25) is 0 Å². The molecule has 16 heavy (non-hydrogen) atoms. The number of hydrogen-bond donors (Lipinski definition) is 1. The molecule has 0 aliphatic heterocycles. The van der Waals surface area contributed by atoms with Crippen molar-refractivity contribution in [3.63, 3.8) is 0 Å². The topological polar surface area (TPSA) is 55.0 Å². The molecule has 1 unspecified atom stereocenters. The Bertz CT molecular complexity index is 468. The molecule has 5 heteroatoms. The summed E-state index contributed by atoms with van der Waals surface area (Å²) in [5, 5.41) is 0. The third kappa shape index (κ3) is 2.15. The van der Waals surface area contributed by atoms with E-state index in [4.69, 9.17) is 4.74 Å². The van der Waals surface area contributed by atoms with Crippen molar-refractivity contribution in [1.29, 1.82) is 0 Å². The summed E-state index contributed by atoms with van der Waals surface area (Å²) in [6.45, 7) is 4.76. The summed E-state index contributed by atoms with van der Waals surface area (Å²) in [7, 11) is 1.61. The van der Waals surface area contributed by atoms with Gasteiger partial charge in [-0.25, -0.2) is 4.98 Å². The summed E-state index contributed by atoms with van der Waals surface area (Å²) in [5.74, 6) is 1.19. The van der Waals surface area contributed by atoms with Crippen LogP contribution in [0, 0.1) is 8.99 Å². The molecular formula is C11H15IN2O2. The van der Waals surface area contributed by atoms with Crippen LogP contribution in [-0.2, 0) is 11.3 Å². The number of methoxy groups -OCH3 is 1. The first kappa shape index (κ1) is 12.0. The highest BCUT2D eigenvalue weighted by molar-refractivity contribution is 14.1. The highest BCUT2D eigenvalue weighted by atomic mass is 127. The second-order valence-corrected chi connectivity index (χ2v) is 5.97. The van der Waals surface area contributed by atoms with Crippen LogP contribution in [0.2, 0.25) is 0 Å². The quantitative estimate of drug-likeness (QED) is 0.861. The van der Waals surface area contributed by atoms with Gasteiger partial charge in [0.1, 0.15) is 9.39 Å². The van der Waals surface area contributed by atoms with Crippen LogP contribution in [0.5, 0.6) is 0 Å². The molecule has 1 aliphatic rings. The number of aromatic nitrogens is 2. The van der Waals surface area contributed by atoms with Gasteiger partial charge in [-0.05, 0) is 34.4 Å². The highest BCUT2D eigenvalue weighted by Gasteiger charge is 2.48. The van der Waals surface area contributed by atoms with Crippen LogP contribution < -0.4 is 5.56 Å². The number of ether oxygens (including phenoxy) is 1. The standard InChI is InChI=1S/C11H15IN2O2/c1-11(2)4-6(11)9-13-7(5-16-3)8(12)10(15)14-9/h6H,4-5H2,1-3H3,(H,13,14,15). The molecule has 1 aromatic heterocycles. The van der Waals surface area contributed by atoms with E-state index in [-0.39, 0.29) is 11.0 Å². The predicted octanol–water partition coefficient (Wildman–Crippen LogP) is 2.03. The average molecular weight is 334 g/mol. The van der Waals surface area contributed by atoms with E-state index in [9.17, 15) is 4.79 Å². The lowest BCUT2D eigenvalue weighted by atomic mass is 10.1. The summed E-state index contributed by atoms with van der Waals surface area (Å²) < 4.78 is 5.68. The highest BCUT2D eigenvalue weighted by Crippen LogP contribution is 2.57. The monoisotopic (exact) mass is 334 g/mol. The van der Waals surface area contributed by atoms with Crippen molar-refractivity contribution < 1.29 is 4.74 Å². The smallest absolute Gasteiger partial charge is 0.264 e. The summed E-state index contributed by atoms with van der Waals surface area (Å²) in [6.07, 6.45) is 1.09. The normalized spacial score (nSPS) is 22.1. The minimum atomic E-state index is -0.0552. The molecule has 0 bridgehead atoms. The Hall–Kier alpha value is -0.430. The van der Waals surface area contributed by atoms with Gasteiger partial charge in [0.15, 0.2) is 0 Å². The van der Waals surface area contributed by atoms with Crippen LogP contribution >= 0.6 is 22.6 Å². The Morgan fingerprint density at radius 2 is 2.25 bits per heavy atom. The Kier molecular flexibility index (Phi) is 3.09. The fourth-order valence-electron chi connectivity index (χ4n) is 1.86. The Labute approximate surface area is 108 Å². The molecule has 2 rings (SSSR count). The molecule has 0 spiro atoms. The van der Waals surface area contributed by atoms with Gasteiger partial charge in [0, 0.05) is 13.0 Å². The third-order valence-electron chi connectivity index (χ3n) is 3.07. The number of halogens is 1. The van der Waals surface area contributed by atoms with E-state index in [1.807, 2.05) is 22.6 Å². The number of hydrogen-bond acceptors (Lipinski definition) is 3. The lowest BCUT2D eigenvalue weighted by Gasteiger charge is -2.07. The summed E-state index contributed by atoms with van der Waals surface area (Å²) >= 11 is 2.01. The van der Waals surface area contributed by atoms with Crippen LogP contribution in [0.1, 0.15) is 37.7 Å². The van der Waals surface area contributed by atoms with Crippen molar-refractivity contribution in [3.05, 3.63) is 25.4 Å². The molecule has 0 saturated heterocycles. The summed E-state index contributed by atoms with van der Waals surface area (Å²) in [6, 6.07) is 0. The lowest BCUT2D eigenvalue weighted by Crippen LogP contribution is -2.18. The molecule has 1 heterocycles. The van der Waals surface area contributed by atoms with E-state index < -0.39 is 0 Å². The number of nitrogens with zero attached hydrogens (tertiary/aromatic N) is 1. The minimum Gasteiger partial charge on any atom is -0.378 e. The van der Waals surface area contributed by atoms with Crippen molar-refractivity contribution in [3.8, 4) is 0 Å². The molecule has 1 fully saturated rings. The first-order chi connectivity index (χ1) is 7.45. The first-order valence-electron chi connectivity index (χ1n) is 5.23. The second-order valence-electron chi connectivity index (χ2n) is 4.89. The predicted molar refractivity (Wildman–Crippen MR) is 69.4 cm³/mol. The molecule has 1 aliphatic carbocycles. The van der Waals surface area contributed by atoms with Gasteiger partial charge in [-0.1, -0.05) is 13.8 Å². The Balaban J connectivity index is 2.38. The van der Waals surface area contributed by atoms with Crippen LogP contribution in [0.4, 0.5) is 0 Å². The fourth-order valence-corrected chi connectivity index (χ4v) is 2.27. The third-order valence-corrected chi connectivity index (χ3v) is 4.19. The maximum absolute atomic E-state index is 11.7. The van der Waals surface area contributed by atoms with Gasteiger partial charge in [0.05, 0.1) is 12.3 Å². The van der Waals surface area contributed by atoms with Gasteiger partial charge in [-0.2, -0.15) is 0 Å². The van der Waals surface area contributed by atoms with Crippen molar-refractivity contribution in [2.24, 2.45) is 5.41 Å². The van der Waals surface area contributed by atoms with E-state index in [0.29, 0.717) is 16.1 Å². The summed E-state index contributed by atoms with van der Waals surface area (Å²) in [5.41, 5.74) is 0.956. The molecular weight excluding hydrogens is 319 g/mol. The zero-order chi connectivity index (χ0) is 11.9. The maximum Gasteiger partial charge on any atom is 0.264 e.